The van der Waals surface area contributed by atoms with E-state index < -0.39 is 5.92 Å². The van der Waals surface area contributed by atoms with Gasteiger partial charge in [0.1, 0.15) is 5.82 Å². The summed E-state index contributed by atoms with van der Waals surface area (Å²) < 4.78 is 10.9. The molecule has 0 radical (unpaired) electrons. The molecule has 0 amide bonds. The maximum Gasteiger partial charge on any atom is 0.231 e. The zero-order chi connectivity index (χ0) is 20.8. The zero-order valence-corrected chi connectivity index (χ0v) is 16.6. The molecule has 2 aliphatic heterocycles. The van der Waals surface area contributed by atoms with E-state index in [2.05, 4.69) is 6.07 Å². The summed E-state index contributed by atoms with van der Waals surface area (Å²) >= 11 is 0. The maximum absolute atomic E-state index is 13.1. The first-order chi connectivity index (χ1) is 14.6. The van der Waals surface area contributed by atoms with Crippen molar-refractivity contribution in [2.24, 2.45) is 5.73 Å². The number of nitriles is 1. The molecular weight excluding hydrogens is 378 g/mol. The molecular formula is C24H21N3O3. The number of hydrogen-bond acceptors (Lipinski definition) is 6. The quantitative estimate of drug-likeness (QED) is 0.820. The molecule has 2 aromatic carbocycles. The molecule has 0 spiro atoms. The predicted molar refractivity (Wildman–Crippen MR) is 112 cm³/mol. The first-order valence-electron chi connectivity index (χ1n) is 10.0. The van der Waals surface area contributed by atoms with Crippen LogP contribution >= 0.6 is 0 Å². The summed E-state index contributed by atoms with van der Waals surface area (Å²) in [5, 5.41) is 10.1. The van der Waals surface area contributed by atoms with Crippen LogP contribution in [0.4, 0.5) is 5.69 Å². The molecule has 0 fully saturated rings. The molecule has 0 saturated heterocycles. The highest BCUT2D eigenvalue weighted by atomic mass is 16.7. The fraction of sp³-hybridized carbons (Fsp3) is 0.250. The highest BCUT2D eigenvalue weighted by Crippen LogP contribution is 2.47. The van der Waals surface area contributed by atoms with Gasteiger partial charge in [-0.15, -0.1) is 0 Å². The SMILES string of the molecule is Cc1ccc(N2C(N)=C(C#N)C(c3ccc4c(c3)OCO4)C3=C2CCCC3=O)cc1. The first-order valence-corrected chi connectivity index (χ1v) is 10.0. The number of fused-ring (bicyclic) bond motifs is 1. The van der Waals surface area contributed by atoms with E-state index in [0.29, 0.717) is 34.9 Å². The summed E-state index contributed by atoms with van der Waals surface area (Å²) in [4.78, 5) is 15.0. The summed E-state index contributed by atoms with van der Waals surface area (Å²) in [6.07, 6.45) is 1.97. The average molecular weight is 399 g/mol. The molecule has 6 nitrogen and oxygen atoms in total. The molecule has 1 aliphatic carbocycles. The van der Waals surface area contributed by atoms with Gasteiger partial charge >= 0.3 is 0 Å². The Kier molecular flexibility index (Phi) is 4.25. The second-order valence-corrected chi connectivity index (χ2v) is 7.76. The Morgan fingerprint density at radius 2 is 1.87 bits per heavy atom. The van der Waals surface area contributed by atoms with E-state index >= 15 is 0 Å². The Morgan fingerprint density at radius 1 is 1.10 bits per heavy atom. The summed E-state index contributed by atoms with van der Waals surface area (Å²) in [6.45, 7) is 2.19. The number of anilines is 1. The molecule has 0 aromatic heterocycles. The summed E-state index contributed by atoms with van der Waals surface area (Å²) in [6, 6.07) is 15.8. The van der Waals surface area contributed by atoms with Crippen molar-refractivity contribution >= 4 is 11.5 Å². The number of ether oxygens (including phenoxy) is 2. The van der Waals surface area contributed by atoms with Gasteiger partial charge in [-0.25, -0.2) is 0 Å². The lowest BCUT2D eigenvalue weighted by atomic mass is 9.75. The van der Waals surface area contributed by atoms with Crippen LogP contribution < -0.4 is 20.1 Å². The van der Waals surface area contributed by atoms with Gasteiger partial charge in [0.25, 0.3) is 0 Å². The highest BCUT2D eigenvalue weighted by molar-refractivity contribution is 6.01. The second kappa shape index (κ2) is 6.96. The smallest absolute Gasteiger partial charge is 0.231 e. The van der Waals surface area contributed by atoms with Crippen LogP contribution in [-0.4, -0.2) is 12.6 Å². The van der Waals surface area contributed by atoms with Gasteiger partial charge in [0.2, 0.25) is 6.79 Å². The molecule has 6 heteroatoms. The molecule has 1 atom stereocenters. The van der Waals surface area contributed by atoms with Gasteiger partial charge < -0.3 is 15.2 Å². The van der Waals surface area contributed by atoms with Gasteiger partial charge in [-0.05, 0) is 49.6 Å². The molecule has 2 heterocycles. The molecule has 0 bridgehead atoms. The number of benzene rings is 2. The number of aryl methyl sites for hydroxylation is 1. The third kappa shape index (κ3) is 2.74. The third-order valence-corrected chi connectivity index (χ3v) is 5.94. The molecule has 3 aliphatic rings. The van der Waals surface area contributed by atoms with Crippen molar-refractivity contribution < 1.29 is 14.3 Å². The molecule has 0 saturated carbocycles. The van der Waals surface area contributed by atoms with Gasteiger partial charge in [0.15, 0.2) is 17.3 Å². The Morgan fingerprint density at radius 3 is 2.63 bits per heavy atom. The van der Waals surface area contributed by atoms with Crippen LogP contribution in [-0.2, 0) is 4.79 Å². The minimum Gasteiger partial charge on any atom is -0.454 e. The largest absolute Gasteiger partial charge is 0.454 e. The molecule has 2 N–H and O–H groups in total. The lowest BCUT2D eigenvalue weighted by Crippen LogP contribution is -2.38. The van der Waals surface area contributed by atoms with Crippen LogP contribution in [0.25, 0.3) is 0 Å². The standard InChI is InChI=1S/C24H21N3O3/c1-14-5-8-16(9-6-14)27-18-3-2-4-19(28)23(18)22(17(12-25)24(27)26)15-7-10-20-21(11-15)30-13-29-20/h5-11,22H,2-4,13,26H2,1H3. The van der Waals surface area contributed by atoms with Crippen LogP contribution in [0.1, 0.15) is 36.3 Å². The number of allylic oxidation sites excluding steroid dienone is 3. The van der Waals surface area contributed by atoms with Crippen molar-refractivity contribution in [3.8, 4) is 17.6 Å². The van der Waals surface area contributed by atoms with E-state index in [4.69, 9.17) is 15.2 Å². The lowest BCUT2D eigenvalue weighted by Gasteiger charge is -2.39. The van der Waals surface area contributed by atoms with Crippen LogP contribution in [0.5, 0.6) is 11.5 Å². The minimum atomic E-state index is -0.506. The van der Waals surface area contributed by atoms with Gasteiger partial charge in [-0.2, -0.15) is 5.26 Å². The molecule has 5 rings (SSSR count). The van der Waals surface area contributed by atoms with Crippen molar-refractivity contribution in [1.82, 2.24) is 0 Å². The summed E-state index contributed by atoms with van der Waals surface area (Å²) in [5.74, 6) is 1.22. The molecule has 1 unspecified atom stereocenters. The average Bonchev–Trinajstić information content (AvgIpc) is 3.22. The number of nitrogens with two attached hydrogens (primary N) is 1. The van der Waals surface area contributed by atoms with E-state index in [1.807, 2.05) is 54.3 Å². The number of carbonyl (C=O) groups excluding carboxylic acids is 1. The third-order valence-electron chi connectivity index (χ3n) is 5.94. The predicted octanol–water partition coefficient (Wildman–Crippen LogP) is 4.03. The zero-order valence-electron chi connectivity index (χ0n) is 16.6. The number of nitrogens with zero attached hydrogens (tertiary/aromatic N) is 2. The minimum absolute atomic E-state index is 0.0660. The van der Waals surface area contributed by atoms with E-state index in [1.165, 1.54) is 0 Å². The summed E-state index contributed by atoms with van der Waals surface area (Å²) in [5.41, 5.74) is 11.3. The van der Waals surface area contributed by atoms with E-state index in [0.717, 1.165) is 35.4 Å². The van der Waals surface area contributed by atoms with Crippen molar-refractivity contribution in [2.75, 3.05) is 11.7 Å². The highest BCUT2D eigenvalue weighted by Gasteiger charge is 2.40. The number of hydrogen-bond donors (Lipinski definition) is 1. The van der Waals surface area contributed by atoms with Crippen LogP contribution in [0.15, 0.2) is 65.1 Å². The second-order valence-electron chi connectivity index (χ2n) is 7.76. The number of rotatable bonds is 2. The van der Waals surface area contributed by atoms with Gasteiger partial charge in [-0.1, -0.05) is 23.8 Å². The van der Waals surface area contributed by atoms with Gasteiger partial charge in [0.05, 0.1) is 17.6 Å². The lowest BCUT2D eigenvalue weighted by molar-refractivity contribution is -0.116. The van der Waals surface area contributed by atoms with Crippen LogP contribution in [0, 0.1) is 18.3 Å². The van der Waals surface area contributed by atoms with E-state index in [1.54, 1.807) is 0 Å². The number of Topliss-reactive ketones (excluding diaryl/α,β-unsaturated/α-hetero) is 1. The normalized spacial score (nSPS) is 20.3. The number of carbonyl (C=O) groups is 1. The monoisotopic (exact) mass is 399 g/mol. The van der Waals surface area contributed by atoms with E-state index in [-0.39, 0.29) is 12.6 Å². The summed E-state index contributed by atoms with van der Waals surface area (Å²) in [7, 11) is 0. The van der Waals surface area contributed by atoms with Gasteiger partial charge in [0, 0.05) is 23.4 Å². The Balaban J connectivity index is 1.72. The number of ketones is 1. The topological polar surface area (TPSA) is 88.6 Å². The van der Waals surface area contributed by atoms with Crippen molar-refractivity contribution in [1.29, 1.82) is 5.26 Å². The molecule has 2 aromatic rings. The van der Waals surface area contributed by atoms with Crippen molar-refractivity contribution in [2.45, 2.75) is 32.1 Å². The molecule has 30 heavy (non-hydrogen) atoms. The van der Waals surface area contributed by atoms with Crippen molar-refractivity contribution in [3.63, 3.8) is 0 Å². The Hall–Kier alpha value is -3.72. The van der Waals surface area contributed by atoms with Gasteiger partial charge in [-0.3, -0.25) is 9.69 Å². The van der Waals surface area contributed by atoms with Crippen LogP contribution in [0.3, 0.4) is 0 Å². The van der Waals surface area contributed by atoms with Crippen LogP contribution in [0.2, 0.25) is 0 Å². The van der Waals surface area contributed by atoms with Crippen molar-refractivity contribution in [3.05, 3.63) is 76.3 Å². The van der Waals surface area contributed by atoms with E-state index in [9.17, 15) is 10.1 Å². The fourth-order valence-electron chi connectivity index (χ4n) is 4.50. The first kappa shape index (κ1) is 18.3. The maximum atomic E-state index is 13.1. The Labute approximate surface area is 174 Å². The Bertz CT molecular complexity index is 1160. The fourth-order valence-corrected chi connectivity index (χ4v) is 4.50. The molecule has 150 valence electrons.